The van der Waals surface area contributed by atoms with E-state index in [1.54, 1.807) is 4.90 Å². The maximum absolute atomic E-state index is 13.5. The van der Waals surface area contributed by atoms with E-state index in [1.165, 1.54) is 23.9 Å². The van der Waals surface area contributed by atoms with Crippen LogP contribution in [0, 0.1) is 19.8 Å². The molecule has 35 heavy (non-hydrogen) atoms. The van der Waals surface area contributed by atoms with Crippen molar-refractivity contribution in [1.82, 2.24) is 4.90 Å². The molecule has 2 aromatic rings. The first-order valence-corrected chi connectivity index (χ1v) is 13.6. The van der Waals surface area contributed by atoms with Crippen LogP contribution in [0.2, 0.25) is 15.1 Å². The number of thioether (sulfide) groups is 1. The van der Waals surface area contributed by atoms with Crippen molar-refractivity contribution in [2.75, 3.05) is 5.32 Å². The van der Waals surface area contributed by atoms with E-state index in [-0.39, 0.29) is 34.3 Å². The molecule has 9 heteroatoms. The van der Waals surface area contributed by atoms with Gasteiger partial charge < -0.3 is 5.32 Å². The van der Waals surface area contributed by atoms with Gasteiger partial charge in [0.1, 0.15) is 5.25 Å². The number of hydrogen-bond acceptors (Lipinski definition) is 4. The van der Waals surface area contributed by atoms with Crippen LogP contribution in [-0.2, 0) is 9.59 Å². The number of aliphatic imine (C=N–C) groups is 1. The maximum atomic E-state index is 13.5. The number of rotatable bonds is 8. The van der Waals surface area contributed by atoms with Crippen LogP contribution in [-0.4, -0.2) is 33.2 Å². The highest BCUT2D eigenvalue weighted by Crippen LogP contribution is 2.36. The van der Waals surface area contributed by atoms with Crippen LogP contribution in [0.15, 0.2) is 35.3 Å². The van der Waals surface area contributed by atoms with Gasteiger partial charge in [0.05, 0.1) is 26.4 Å². The van der Waals surface area contributed by atoms with Gasteiger partial charge in [0.25, 0.3) is 0 Å². The molecule has 0 aromatic heterocycles. The lowest BCUT2D eigenvalue weighted by Gasteiger charge is -2.25. The molecule has 2 atom stereocenters. The second kappa shape index (κ2) is 12.0. The number of nitrogens with zero attached hydrogens (tertiary/aromatic N) is 2. The summed E-state index contributed by atoms with van der Waals surface area (Å²) in [6, 6.07) is 9.02. The molecule has 0 radical (unpaired) electrons. The Balaban J connectivity index is 1.84. The molecule has 1 aliphatic rings. The van der Waals surface area contributed by atoms with Gasteiger partial charge in [-0.1, -0.05) is 72.5 Å². The third kappa shape index (κ3) is 7.16. The van der Waals surface area contributed by atoms with Crippen LogP contribution in [0.3, 0.4) is 0 Å². The third-order valence-electron chi connectivity index (χ3n) is 5.80. The smallest absolute Gasteiger partial charge is 0.242 e. The van der Waals surface area contributed by atoms with E-state index < -0.39 is 5.25 Å². The van der Waals surface area contributed by atoms with Crippen molar-refractivity contribution in [3.63, 3.8) is 0 Å². The van der Waals surface area contributed by atoms with Crippen molar-refractivity contribution in [2.24, 2.45) is 10.9 Å². The van der Waals surface area contributed by atoms with Crippen molar-refractivity contribution < 1.29 is 9.59 Å². The molecule has 0 saturated carbocycles. The topological polar surface area (TPSA) is 61.8 Å². The predicted molar refractivity (Wildman–Crippen MR) is 149 cm³/mol. The Labute approximate surface area is 226 Å². The third-order valence-corrected chi connectivity index (χ3v) is 7.99. The van der Waals surface area contributed by atoms with Crippen molar-refractivity contribution in [2.45, 2.75) is 65.2 Å². The van der Waals surface area contributed by atoms with E-state index in [0.29, 0.717) is 21.8 Å². The normalized spacial score (nSPS) is 18.0. The summed E-state index contributed by atoms with van der Waals surface area (Å²) < 4.78 is 0. The number of hydrogen-bond donors (Lipinski definition) is 1. The van der Waals surface area contributed by atoms with E-state index in [4.69, 9.17) is 39.8 Å². The van der Waals surface area contributed by atoms with Crippen LogP contribution in [0.5, 0.6) is 0 Å². The van der Waals surface area contributed by atoms with Gasteiger partial charge in [-0.2, -0.15) is 0 Å². The Kier molecular flexibility index (Phi) is 9.55. The summed E-state index contributed by atoms with van der Waals surface area (Å²) in [7, 11) is 0. The number of nitrogens with one attached hydrogen (secondary N) is 1. The molecule has 0 unspecified atom stereocenters. The van der Waals surface area contributed by atoms with Gasteiger partial charge >= 0.3 is 0 Å². The van der Waals surface area contributed by atoms with Gasteiger partial charge in [0.15, 0.2) is 5.17 Å². The highest BCUT2D eigenvalue weighted by atomic mass is 35.5. The lowest BCUT2D eigenvalue weighted by Crippen LogP contribution is -2.40. The number of aryl methyl sites for hydroxylation is 2. The van der Waals surface area contributed by atoms with Crippen LogP contribution in [0.1, 0.15) is 51.2 Å². The van der Waals surface area contributed by atoms with E-state index >= 15 is 0 Å². The molecule has 0 spiro atoms. The Morgan fingerprint density at radius 2 is 1.74 bits per heavy atom. The lowest BCUT2D eigenvalue weighted by molar-refractivity contribution is -0.129. The molecule has 188 valence electrons. The Bertz CT molecular complexity index is 1150. The van der Waals surface area contributed by atoms with Crippen molar-refractivity contribution in [3.8, 4) is 0 Å². The summed E-state index contributed by atoms with van der Waals surface area (Å²) in [6.07, 6.45) is 1.83. The second-order valence-electron chi connectivity index (χ2n) is 9.32. The van der Waals surface area contributed by atoms with Gasteiger partial charge in [-0.05, 0) is 68.9 Å². The van der Waals surface area contributed by atoms with Crippen LogP contribution in [0.25, 0.3) is 0 Å². The molecule has 0 aliphatic carbocycles. The molecule has 0 bridgehead atoms. The van der Waals surface area contributed by atoms with Crippen LogP contribution < -0.4 is 5.32 Å². The number of carbonyl (C=O) groups excluding carboxylic acids is 2. The molecule has 1 N–H and O–H groups in total. The number of amides is 2. The van der Waals surface area contributed by atoms with Gasteiger partial charge in [-0.25, -0.2) is 4.99 Å². The molecule has 2 amide bonds. The molecule has 1 saturated heterocycles. The van der Waals surface area contributed by atoms with Crippen molar-refractivity contribution in [1.29, 1.82) is 0 Å². The van der Waals surface area contributed by atoms with E-state index in [9.17, 15) is 9.59 Å². The first-order valence-electron chi connectivity index (χ1n) is 11.6. The minimum Gasteiger partial charge on any atom is -0.325 e. The molecule has 1 heterocycles. The van der Waals surface area contributed by atoms with Crippen LogP contribution >= 0.6 is 46.6 Å². The second-order valence-corrected chi connectivity index (χ2v) is 11.7. The summed E-state index contributed by atoms with van der Waals surface area (Å²) in [6.45, 7) is 10.4. The lowest BCUT2D eigenvalue weighted by atomic mass is 10.0. The SMILES string of the molecule is Cc1ccc(C)c(N=C2S[C@H](CC(=O)Nc3cc(Cl)c(Cl)cc3Cl)C(=O)N2[C@H](C)CCC(C)C)c1. The zero-order chi connectivity index (χ0) is 25.9. The number of benzene rings is 2. The Hall–Kier alpha value is -1.73. The summed E-state index contributed by atoms with van der Waals surface area (Å²) in [4.78, 5) is 33.0. The fraction of sp³-hybridized carbons (Fsp3) is 0.423. The molecule has 5 nitrogen and oxygen atoms in total. The van der Waals surface area contributed by atoms with Gasteiger partial charge in [-0.3, -0.25) is 14.5 Å². The van der Waals surface area contributed by atoms with E-state index in [0.717, 1.165) is 29.7 Å². The fourth-order valence-corrected chi connectivity index (χ4v) is 5.57. The number of anilines is 1. The monoisotopic (exact) mass is 553 g/mol. The standard InChI is InChI=1S/C26H30Cl3N3O2S/c1-14(2)6-9-17(5)32-25(34)23(35-26(32)31-21-10-15(3)7-8-16(21)4)13-24(33)30-22-12-19(28)18(27)11-20(22)29/h7-8,10-12,14,17,23H,6,9,13H2,1-5H3,(H,30,33)/t17-,23-/m1/s1. The molecule has 3 rings (SSSR count). The highest BCUT2D eigenvalue weighted by molar-refractivity contribution is 8.15. The van der Waals surface area contributed by atoms with Gasteiger partial charge in [-0.15, -0.1) is 0 Å². The minimum absolute atomic E-state index is 0.0146. The Morgan fingerprint density at radius 1 is 1.06 bits per heavy atom. The molecule has 1 fully saturated rings. The minimum atomic E-state index is -0.582. The average Bonchev–Trinajstić information content (AvgIpc) is 3.07. The summed E-state index contributed by atoms with van der Waals surface area (Å²) in [5.74, 6) is 0.0874. The number of carbonyl (C=O) groups is 2. The number of amidine groups is 1. The van der Waals surface area contributed by atoms with Gasteiger partial charge in [0, 0.05) is 12.5 Å². The van der Waals surface area contributed by atoms with Crippen molar-refractivity contribution in [3.05, 3.63) is 56.5 Å². The first-order chi connectivity index (χ1) is 16.5. The molecular weight excluding hydrogens is 525 g/mol. The summed E-state index contributed by atoms with van der Waals surface area (Å²) >= 11 is 19.6. The highest BCUT2D eigenvalue weighted by Gasteiger charge is 2.41. The fourth-order valence-electron chi connectivity index (χ4n) is 3.73. The zero-order valence-corrected chi connectivity index (χ0v) is 23.6. The van der Waals surface area contributed by atoms with Crippen LogP contribution in [0.4, 0.5) is 11.4 Å². The van der Waals surface area contributed by atoms with Gasteiger partial charge in [0.2, 0.25) is 11.8 Å². The summed E-state index contributed by atoms with van der Waals surface area (Å²) in [5, 5.41) is 3.66. The van der Waals surface area contributed by atoms with E-state index in [1.807, 2.05) is 39.0 Å². The quantitative estimate of drug-likeness (QED) is 0.336. The first kappa shape index (κ1) is 27.9. The van der Waals surface area contributed by atoms with E-state index in [2.05, 4.69) is 19.2 Å². The maximum Gasteiger partial charge on any atom is 0.242 e. The molecule has 2 aromatic carbocycles. The Morgan fingerprint density at radius 3 is 2.43 bits per heavy atom. The number of halogens is 3. The predicted octanol–water partition coefficient (Wildman–Crippen LogP) is 8.05. The largest absolute Gasteiger partial charge is 0.325 e. The molecule has 1 aliphatic heterocycles. The average molecular weight is 555 g/mol. The summed E-state index contributed by atoms with van der Waals surface area (Å²) in [5.41, 5.74) is 3.31. The zero-order valence-electron chi connectivity index (χ0n) is 20.5. The van der Waals surface area contributed by atoms with Crippen molar-refractivity contribution >= 4 is 74.9 Å². The molecular formula is C26H30Cl3N3O2S.